The summed E-state index contributed by atoms with van der Waals surface area (Å²) in [7, 11) is 0. The first-order chi connectivity index (χ1) is 7.63. The Kier molecular flexibility index (Phi) is 5.32. The number of anilines is 1. The highest BCUT2D eigenvalue weighted by Crippen LogP contribution is 2.18. The van der Waals surface area contributed by atoms with Crippen LogP contribution in [0.15, 0.2) is 22.7 Å². The molecular weight excluding hydrogens is 268 g/mol. The van der Waals surface area contributed by atoms with Gasteiger partial charge in [-0.2, -0.15) is 0 Å². The first kappa shape index (κ1) is 13.0. The summed E-state index contributed by atoms with van der Waals surface area (Å²) in [5, 5.41) is 2.87. The molecule has 4 heteroatoms. The van der Waals surface area contributed by atoms with Crippen LogP contribution in [-0.2, 0) is 11.2 Å². The lowest BCUT2D eigenvalue weighted by molar-refractivity contribution is -0.120. The zero-order chi connectivity index (χ0) is 12.0. The van der Waals surface area contributed by atoms with Crippen LogP contribution in [0.5, 0.6) is 0 Å². The fourth-order valence-corrected chi connectivity index (χ4v) is 1.78. The molecule has 1 amide bonds. The molecule has 0 spiro atoms. The Bertz CT molecular complexity index is 366. The molecule has 1 aromatic rings. The van der Waals surface area contributed by atoms with E-state index in [4.69, 9.17) is 5.73 Å². The van der Waals surface area contributed by atoms with Gasteiger partial charge in [0.1, 0.15) is 0 Å². The summed E-state index contributed by atoms with van der Waals surface area (Å²) in [6, 6.07) is 5.56. The van der Waals surface area contributed by atoms with E-state index in [0.29, 0.717) is 12.1 Å². The van der Waals surface area contributed by atoms with E-state index >= 15 is 0 Å². The second-order valence-corrected chi connectivity index (χ2v) is 4.64. The predicted molar refractivity (Wildman–Crippen MR) is 70.2 cm³/mol. The molecule has 0 radical (unpaired) electrons. The van der Waals surface area contributed by atoms with Gasteiger partial charge in [0.05, 0.1) is 6.42 Å². The van der Waals surface area contributed by atoms with Crippen LogP contribution < -0.4 is 11.1 Å². The normalized spacial score (nSPS) is 10.1. The molecule has 0 fully saturated rings. The SMILES string of the molecule is CCCCNC(=O)Cc1cc(Br)ccc1N. The quantitative estimate of drug-likeness (QED) is 0.645. The topological polar surface area (TPSA) is 55.1 Å². The van der Waals surface area contributed by atoms with Gasteiger partial charge in [-0.15, -0.1) is 0 Å². The molecule has 0 aliphatic rings. The molecular formula is C12H17BrN2O. The number of carbonyl (C=O) groups is 1. The van der Waals surface area contributed by atoms with Crippen LogP contribution in [0.1, 0.15) is 25.3 Å². The Morgan fingerprint density at radius 1 is 1.50 bits per heavy atom. The number of carbonyl (C=O) groups excluding carboxylic acids is 1. The van der Waals surface area contributed by atoms with Crippen molar-refractivity contribution in [3.05, 3.63) is 28.2 Å². The van der Waals surface area contributed by atoms with Crippen LogP contribution in [0.3, 0.4) is 0 Å². The average molecular weight is 285 g/mol. The number of nitrogen functional groups attached to an aromatic ring is 1. The van der Waals surface area contributed by atoms with E-state index in [1.54, 1.807) is 6.07 Å². The molecule has 0 saturated carbocycles. The highest BCUT2D eigenvalue weighted by atomic mass is 79.9. The number of hydrogen-bond donors (Lipinski definition) is 2. The third kappa shape index (κ3) is 4.23. The first-order valence-corrected chi connectivity index (χ1v) is 6.23. The van der Waals surface area contributed by atoms with Crippen molar-refractivity contribution in [2.45, 2.75) is 26.2 Å². The number of amides is 1. The molecule has 0 saturated heterocycles. The van der Waals surface area contributed by atoms with Crippen molar-refractivity contribution in [3.63, 3.8) is 0 Å². The van der Waals surface area contributed by atoms with E-state index in [9.17, 15) is 4.79 Å². The lowest BCUT2D eigenvalue weighted by Crippen LogP contribution is -2.26. The van der Waals surface area contributed by atoms with Gasteiger partial charge in [0.2, 0.25) is 5.91 Å². The van der Waals surface area contributed by atoms with Crippen molar-refractivity contribution in [2.75, 3.05) is 12.3 Å². The van der Waals surface area contributed by atoms with E-state index in [-0.39, 0.29) is 5.91 Å². The maximum absolute atomic E-state index is 11.6. The Labute approximate surface area is 105 Å². The molecule has 1 aromatic carbocycles. The largest absolute Gasteiger partial charge is 0.398 e. The van der Waals surface area contributed by atoms with Crippen LogP contribution in [0, 0.1) is 0 Å². The maximum atomic E-state index is 11.6. The summed E-state index contributed by atoms with van der Waals surface area (Å²) < 4.78 is 0.943. The van der Waals surface area contributed by atoms with Crippen molar-refractivity contribution < 1.29 is 4.79 Å². The molecule has 0 aliphatic heterocycles. The summed E-state index contributed by atoms with van der Waals surface area (Å²) >= 11 is 3.36. The lowest BCUT2D eigenvalue weighted by atomic mass is 10.1. The van der Waals surface area contributed by atoms with E-state index in [1.807, 2.05) is 12.1 Å². The second-order valence-electron chi connectivity index (χ2n) is 3.72. The molecule has 1 rings (SSSR count). The first-order valence-electron chi connectivity index (χ1n) is 5.44. The summed E-state index contributed by atoms with van der Waals surface area (Å²) in [5.74, 6) is 0.0262. The minimum atomic E-state index is 0.0262. The molecule has 0 bridgehead atoms. The van der Waals surface area contributed by atoms with Gasteiger partial charge in [0.15, 0.2) is 0 Å². The third-order valence-corrected chi connectivity index (χ3v) is 2.80. The molecule has 0 aromatic heterocycles. The van der Waals surface area contributed by atoms with E-state index < -0.39 is 0 Å². The summed E-state index contributed by atoms with van der Waals surface area (Å²) in [4.78, 5) is 11.6. The highest BCUT2D eigenvalue weighted by molar-refractivity contribution is 9.10. The molecule has 16 heavy (non-hydrogen) atoms. The van der Waals surface area contributed by atoms with Crippen LogP contribution in [0.2, 0.25) is 0 Å². The van der Waals surface area contributed by atoms with E-state index in [0.717, 1.165) is 29.4 Å². The van der Waals surface area contributed by atoms with Gasteiger partial charge >= 0.3 is 0 Å². The van der Waals surface area contributed by atoms with E-state index in [2.05, 4.69) is 28.2 Å². The summed E-state index contributed by atoms with van der Waals surface area (Å²) in [5.41, 5.74) is 7.32. The van der Waals surface area contributed by atoms with Gasteiger partial charge in [0.25, 0.3) is 0 Å². The standard InChI is InChI=1S/C12H17BrN2O/c1-2-3-6-15-12(16)8-9-7-10(13)4-5-11(9)14/h4-5,7H,2-3,6,8,14H2,1H3,(H,15,16). The van der Waals surface area contributed by atoms with Crippen LogP contribution in [-0.4, -0.2) is 12.5 Å². The molecule has 3 nitrogen and oxygen atoms in total. The fraction of sp³-hybridized carbons (Fsp3) is 0.417. The number of benzene rings is 1. The van der Waals surface area contributed by atoms with E-state index in [1.165, 1.54) is 0 Å². The number of nitrogens with two attached hydrogens (primary N) is 1. The van der Waals surface area contributed by atoms with Gasteiger partial charge in [-0.3, -0.25) is 4.79 Å². The maximum Gasteiger partial charge on any atom is 0.224 e. The number of rotatable bonds is 5. The van der Waals surface area contributed by atoms with Crippen LogP contribution >= 0.6 is 15.9 Å². The van der Waals surface area contributed by atoms with Gasteiger partial charge < -0.3 is 11.1 Å². The van der Waals surface area contributed by atoms with Crippen molar-refractivity contribution >= 4 is 27.5 Å². The molecule has 3 N–H and O–H groups in total. The third-order valence-electron chi connectivity index (χ3n) is 2.31. The highest BCUT2D eigenvalue weighted by Gasteiger charge is 2.06. The number of unbranched alkanes of at least 4 members (excludes halogenated alkanes) is 1. The predicted octanol–water partition coefficient (Wildman–Crippen LogP) is 2.49. The van der Waals surface area contributed by atoms with Crippen molar-refractivity contribution in [1.82, 2.24) is 5.32 Å². The zero-order valence-corrected chi connectivity index (χ0v) is 11.0. The van der Waals surface area contributed by atoms with Crippen molar-refractivity contribution in [1.29, 1.82) is 0 Å². The Hall–Kier alpha value is -1.03. The minimum Gasteiger partial charge on any atom is -0.398 e. The number of nitrogens with one attached hydrogen (secondary N) is 1. The van der Waals surface area contributed by atoms with Crippen LogP contribution in [0.4, 0.5) is 5.69 Å². The monoisotopic (exact) mass is 284 g/mol. The molecule has 88 valence electrons. The molecule has 0 atom stereocenters. The summed E-state index contributed by atoms with van der Waals surface area (Å²) in [6.07, 6.45) is 2.44. The second kappa shape index (κ2) is 6.53. The zero-order valence-electron chi connectivity index (χ0n) is 9.42. The van der Waals surface area contributed by atoms with Gasteiger partial charge in [0, 0.05) is 16.7 Å². The van der Waals surface area contributed by atoms with Gasteiger partial charge in [-0.25, -0.2) is 0 Å². The molecule has 0 unspecified atom stereocenters. The van der Waals surface area contributed by atoms with Crippen LogP contribution in [0.25, 0.3) is 0 Å². The lowest BCUT2D eigenvalue weighted by Gasteiger charge is -2.07. The Balaban J connectivity index is 2.52. The smallest absolute Gasteiger partial charge is 0.224 e. The van der Waals surface area contributed by atoms with Crippen molar-refractivity contribution in [2.24, 2.45) is 0 Å². The summed E-state index contributed by atoms with van der Waals surface area (Å²) in [6.45, 7) is 2.84. The van der Waals surface area contributed by atoms with Gasteiger partial charge in [-0.1, -0.05) is 29.3 Å². The average Bonchev–Trinajstić information content (AvgIpc) is 2.24. The Morgan fingerprint density at radius 3 is 2.94 bits per heavy atom. The fourth-order valence-electron chi connectivity index (χ4n) is 1.37. The number of halogens is 1. The Morgan fingerprint density at radius 2 is 2.25 bits per heavy atom. The molecule has 0 aliphatic carbocycles. The number of hydrogen-bond acceptors (Lipinski definition) is 2. The van der Waals surface area contributed by atoms with Gasteiger partial charge in [-0.05, 0) is 30.2 Å². The molecule has 0 heterocycles. The minimum absolute atomic E-state index is 0.0262. The van der Waals surface area contributed by atoms with Crippen molar-refractivity contribution in [3.8, 4) is 0 Å².